The molecule has 0 amide bonds. The molecule has 1 unspecified atom stereocenters. The molecule has 1 rings (SSSR count). The minimum atomic E-state index is -2.62. The summed E-state index contributed by atoms with van der Waals surface area (Å²) >= 11 is 0. The van der Waals surface area contributed by atoms with E-state index in [1.807, 2.05) is 0 Å². The standard InChI is InChI=1S/C13H14F2O3/c1-8(13(17)18-2)6-11(16)9-4-3-5-10(7-9)12(14)15/h3-5,7-8,12H,6H2,1-2H3. The molecule has 0 heterocycles. The van der Waals surface area contributed by atoms with Crippen molar-refractivity contribution in [3.63, 3.8) is 0 Å². The Bertz CT molecular complexity index is 444. The first-order valence-corrected chi connectivity index (χ1v) is 5.44. The van der Waals surface area contributed by atoms with Gasteiger partial charge in [0.2, 0.25) is 0 Å². The lowest BCUT2D eigenvalue weighted by atomic mass is 9.98. The average molecular weight is 256 g/mol. The molecule has 0 N–H and O–H groups in total. The summed E-state index contributed by atoms with van der Waals surface area (Å²) in [5.41, 5.74) is -0.0184. The maximum atomic E-state index is 12.5. The molecular formula is C13H14F2O3. The Hall–Kier alpha value is -1.78. The second kappa shape index (κ2) is 6.23. The molecule has 0 aliphatic carbocycles. The highest BCUT2D eigenvalue weighted by atomic mass is 19.3. The van der Waals surface area contributed by atoms with E-state index in [-0.39, 0.29) is 23.3 Å². The summed E-state index contributed by atoms with van der Waals surface area (Å²) in [7, 11) is 1.24. The zero-order chi connectivity index (χ0) is 13.7. The molecule has 0 bridgehead atoms. The fourth-order valence-corrected chi connectivity index (χ4v) is 1.53. The van der Waals surface area contributed by atoms with Crippen molar-refractivity contribution in [1.82, 2.24) is 0 Å². The maximum absolute atomic E-state index is 12.5. The van der Waals surface area contributed by atoms with E-state index in [0.29, 0.717) is 0 Å². The van der Waals surface area contributed by atoms with Crippen LogP contribution in [-0.4, -0.2) is 18.9 Å². The molecule has 0 aromatic heterocycles. The van der Waals surface area contributed by atoms with Gasteiger partial charge >= 0.3 is 5.97 Å². The molecule has 18 heavy (non-hydrogen) atoms. The van der Waals surface area contributed by atoms with Crippen LogP contribution in [0.25, 0.3) is 0 Å². The highest BCUT2D eigenvalue weighted by Crippen LogP contribution is 2.20. The molecule has 0 radical (unpaired) electrons. The first-order valence-electron chi connectivity index (χ1n) is 5.44. The fraction of sp³-hybridized carbons (Fsp3) is 0.385. The quantitative estimate of drug-likeness (QED) is 0.600. The van der Waals surface area contributed by atoms with Gasteiger partial charge in [-0.2, -0.15) is 0 Å². The Morgan fingerprint density at radius 1 is 1.33 bits per heavy atom. The van der Waals surface area contributed by atoms with E-state index in [0.717, 1.165) is 6.07 Å². The fourth-order valence-electron chi connectivity index (χ4n) is 1.53. The van der Waals surface area contributed by atoms with Gasteiger partial charge in [0.25, 0.3) is 6.43 Å². The van der Waals surface area contributed by atoms with Gasteiger partial charge < -0.3 is 4.74 Å². The summed E-state index contributed by atoms with van der Waals surface area (Å²) in [6.45, 7) is 1.56. The molecule has 1 atom stereocenters. The van der Waals surface area contributed by atoms with Crippen molar-refractivity contribution in [3.8, 4) is 0 Å². The lowest BCUT2D eigenvalue weighted by Crippen LogP contribution is -2.17. The maximum Gasteiger partial charge on any atom is 0.308 e. The monoisotopic (exact) mass is 256 g/mol. The minimum absolute atomic E-state index is 0.0562. The number of rotatable bonds is 5. The molecule has 98 valence electrons. The van der Waals surface area contributed by atoms with Gasteiger partial charge in [0, 0.05) is 17.5 Å². The summed E-state index contributed by atoms with van der Waals surface area (Å²) in [5.74, 6) is -1.43. The number of hydrogen-bond donors (Lipinski definition) is 0. The number of Topliss-reactive ketones (excluding diaryl/α,β-unsaturated/α-hetero) is 1. The zero-order valence-electron chi connectivity index (χ0n) is 10.2. The molecule has 0 saturated carbocycles. The largest absolute Gasteiger partial charge is 0.469 e. The van der Waals surface area contributed by atoms with Crippen LogP contribution in [-0.2, 0) is 9.53 Å². The lowest BCUT2D eigenvalue weighted by Gasteiger charge is -2.08. The van der Waals surface area contributed by atoms with Crippen molar-refractivity contribution in [3.05, 3.63) is 35.4 Å². The molecule has 0 saturated heterocycles. The SMILES string of the molecule is COC(=O)C(C)CC(=O)c1cccc(C(F)F)c1. The number of esters is 1. The van der Waals surface area contributed by atoms with E-state index >= 15 is 0 Å². The van der Waals surface area contributed by atoms with Gasteiger partial charge in [-0.05, 0) is 6.07 Å². The third-order valence-electron chi connectivity index (χ3n) is 2.56. The predicted octanol–water partition coefficient (Wildman–Crippen LogP) is 3.01. The van der Waals surface area contributed by atoms with Crippen molar-refractivity contribution in [1.29, 1.82) is 0 Å². The van der Waals surface area contributed by atoms with Crippen molar-refractivity contribution >= 4 is 11.8 Å². The molecule has 3 nitrogen and oxygen atoms in total. The molecule has 0 fully saturated rings. The Labute approximate surface area is 104 Å². The van der Waals surface area contributed by atoms with E-state index in [9.17, 15) is 18.4 Å². The minimum Gasteiger partial charge on any atom is -0.469 e. The molecule has 1 aromatic carbocycles. The van der Waals surface area contributed by atoms with Crippen LogP contribution in [0, 0.1) is 5.92 Å². The summed E-state index contributed by atoms with van der Waals surface area (Å²) in [4.78, 5) is 23.0. The summed E-state index contributed by atoms with van der Waals surface area (Å²) in [5, 5.41) is 0. The van der Waals surface area contributed by atoms with Crippen LogP contribution in [0.5, 0.6) is 0 Å². The third-order valence-corrected chi connectivity index (χ3v) is 2.56. The normalized spacial score (nSPS) is 12.3. The van der Waals surface area contributed by atoms with E-state index in [1.54, 1.807) is 6.92 Å². The van der Waals surface area contributed by atoms with E-state index in [4.69, 9.17) is 0 Å². The second-order valence-corrected chi connectivity index (χ2v) is 3.98. The smallest absolute Gasteiger partial charge is 0.308 e. The molecule has 0 spiro atoms. The summed E-state index contributed by atoms with van der Waals surface area (Å²) < 4.78 is 29.4. The Morgan fingerprint density at radius 3 is 2.56 bits per heavy atom. The van der Waals surface area contributed by atoms with Gasteiger partial charge in [0.1, 0.15) is 0 Å². The van der Waals surface area contributed by atoms with Crippen LogP contribution in [0.3, 0.4) is 0 Å². The molecule has 0 aliphatic heterocycles. The predicted molar refractivity (Wildman–Crippen MR) is 61.5 cm³/mol. The number of methoxy groups -OCH3 is 1. The van der Waals surface area contributed by atoms with Gasteiger partial charge in [-0.25, -0.2) is 8.78 Å². The van der Waals surface area contributed by atoms with E-state index < -0.39 is 18.3 Å². The van der Waals surface area contributed by atoms with Gasteiger partial charge in [0.15, 0.2) is 5.78 Å². The van der Waals surface area contributed by atoms with E-state index in [1.165, 1.54) is 25.3 Å². The van der Waals surface area contributed by atoms with Gasteiger partial charge in [-0.3, -0.25) is 9.59 Å². The first kappa shape index (κ1) is 14.3. The molecule has 1 aromatic rings. The first-order chi connectivity index (χ1) is 8.45. The third kappa shape index (κ3) is 3.61. The topological polar surface area (TPSA) is 43.4 Å². The number of carbonyl (C=O) groups is 2. The van der Waals surface area contributed by atoms with Crippen LogP contribution >= 0.6 is 0 Å². The number of alkyl halides is 2. The average Bonchev–Trinajstić information content (AvgIpc) is 2.37. The molecule has 5 heteroatoms. The van der Waals surface area contributed by atoms with Crippen LogP contribution in [0.2, 0.25) is 0 Å². The number of ether oxygens (including phenoxy) is 1. The number of halogens is 2. The zero-order valence-corrected chi connectivity index (χ0v) is 10.2. The lowest BCUT2D eigenvalue weighted by molar-refractivity contribution is -0.144. The van der Waals surface area contributed by atoms with Gasteiger partial charge in [0.05, 0.1) is 13.0 Å². The molecule has 0 aliphatic rings. The van der Waals surface area contributed by atoms with Crippen molar-refractivity contribution in [2.24, 2.45) is 5.92 Å². The highest BCUT2D eigenvalue weighted by molar-refractivity contribution is 5.98. The van der Waals surface area contributed by atoms with Crippen molar-refractivity contribution < 1.29 is 23.1 Å². The van der Waals surface area contributed by atoms with Gasteiger partial charge in [-0.15, -0.1) is 0 Å². The Morgan fingerprint density at radius 2 is 2.00 bits per heavy atom. The van der Waals surface area contributed by atoms with Crippen LogP contribution in [0.15, 0.2) is 24.3 Å². The van der Waals surface area contributed by atoms with Crippen LogP contribution in [0.1, 0.15) is 35.7 Å². The second-order valence-electron chi connectivity index (χ2n) is 3.98. The summed E-state index contributed by atoms with van der Waals surface area (Å²) in [6.07, 6.45) is -2.67. The Balaban J connectivity index is 2.78. The van der Waals surface area contributed by atoms with Crippen LogP contribution in [0.4, 0.5) is 8.78 Å². The van der Waals surface area contributed by atoms with E-state index in [2.05, 4.69) is 4.74 Å². The highest BCUT2D eigenvalue weighted by Gasteiger charge is 2.19. The summed E-state index contributed by atoms with van der Waals surface area (Å²) in [6, 6.07) is 5.26. The molecular weight excluding hydrogens is 242 g/mol. The number of hydrogen-bond acceptors (Lipinski definition) is 3. The van der Waals surface area contributed by atoms with Crippen molar-refractivity contribution in [2.75, 3.05) is 7.11 Å². The van der Waals surface area contributed by atoms with Gasteiger partial charge in [-0.1, -0.05) is 25.1 Å². The number of ketones is 1. The Kier molecular flexibility index (Phi) is 4.95. The number of benzene rings is 1. The number of carbonyl (C=O) groups excluding carboxylic acids is 2. The van der Waals surface area contributed by atoms with Crippen LogP contribution < -0.4 is 0 Å². The van der Waals surface area contributed by atoms with Crippen molar-refractivity contribution in [2.45, 2.75) is 19.8 Å².